The Hall–Kier alpha value is -1.79. The first kappa shape index (κ1) is 14.8. The van der Waals surface area contributed by atoms with Crippen molar-refractivity contribution < 1.29 is 15.0 Å². The van der Waals surface area contributed by atoms with E-state index in [9.17, 15) is 15.0 Å². The lowest BCUT2D eigenvalue weighted by atomic mass is 9.53. The van der Waals surface area contributed by atoms with Crippen LogP contribution in [0.25, 0.3) is 0 Å². The highest BCUT2D eigenvalue weighted by Crippen LogP contribution is 2.64. The minimum Gasteiger partial charge on any atom is -0.508 e. The van der Waals surface area contributed by atoms with Gasteiger partial charge in [-0.1, -0.05) is 18.9 Å². The van der Waals surface area contributed by atoms with Gasteiger partial charge >= 0.3 is 0 Å². The summed E-state index contributed by atoms with van der Waals surface area (Å²) < 4.78 is 0. The van der Waals surface area contributed by atoms with E-state index in [1.165, 1.54) is 0 Å². The second-order valence-electron chi connectivity index (χ2n) is 7.78. The molecule has 2 fully saturated rings. The smallest absolute Gasteiger partial charge is 0.163 e. The van der Waals surface area contributed by atoms with Crippen molar-refractivity contribution in [3.8, 4) is 18.1 Å². The molecule has 0 aliphatic heterocycles. The Labute approximate surface area is 136 Å². The van der Waals surface area contributed by atoms with Gasteiger partial charge in [0.05, 0.1) is 0 Å². The average Bonchev–Trinajstić information content (AvgIpc) is 2.80. The van der Waals surface area contributed by atoms with Gasteiger partial charge in [0.2, 0.25) is 0 Å². The van der Waals surface area contributed by atoms with Crippen molar-refractivity contribution >= 4 is 5.78 Å². The highest BCUT2D eigenvalue weighted by Gasteiger charge is 2.61. The molecule has 0 bridgehead atoms. The SMILES string of the molecule is C#CC1(O)CC[C@H]2[C@@H]3CC(=O)c4cc(O)ccc4[C@H]3CC[C@@]21C. The van der Waals surface area contributed by atoms with Crippen LogP contribution < -0.4 is 0 Å². The summed E-state index contributed by atoms with van der Waals surface area (Å²) in [5.74, 6) is 3.78. The lowest BCUT2D eigenvalue weighted by Crippen LogP contribution is -2.50. The quantitative estimate of drug-likeness (QED) is 0.723. The third-order valence-electron chi connectivity index (χ3n) is 6.99. The molecule has 1 aromatic rings. The van der Waals surface area contributed by atoms with Crippen LogP contribution in [0.4, 0.5) is 0 Å². The van der Waals surface area contributed by atoms with E-state index in [4.69, 9.17) is 6.42 Å². The highest BCUT2D eigenvalue weighted by molar-refractivity contribution is 5.99. The van der Waals surface area contributed by atoms with E-state index >= 15 is 0 Å². The summed E-state index contributed by atoms with van der Waals surface area (Å²) in [4.78, 5) is 12.6. The van der Waals surface area contributed by atoms with Gasteiger partial charge in [-0.2, -0.15) is 0 Å². The van der Waals surface area contributed by atoms with Crippen molar-refractivity contribution in [1.82, 2.24) is 0 Å². The molecule has 2 N–H and O–H groups in total. The van der Waals surface area contributed by atoms with Gasteiger partial charge in [0, 0.05) is 17.4 Å². The summed E-state index contributed by atoms with van der Waals surface area (Å²) in [5, 5.41) is 20.6. The Bertz CT molecular complexity index is 731. The molecule has 0 saturated heterocycles. The van der Waals surface area contributed by atoms with Crippen molar-refractivity contribution in [1.29, 1.82) is 0 Å². The molecule has 3 heteroatoms. The zero-order valence-corrected chi connectivity index (χ0v) is 13.4. The van der Waals surface area contributed by atoms with Crippen LogP contribution in [-0.2, 0) is 0 Å². The van der Waals surface area contributed by atoms with Crippen molar-refractivity contribution in [2.45, 2.75) is 50.5 Å². The Balaban J connectivity index is 1.77. The number of carbonyl (C=O) groups excluding carboxylic acids is 1. The van der Waals surface area contributed by atoms with Gasteiger partial charge in [-0.3, -0.25) is 4.79 Å². The van der Waals surface area contributed by atoms with E-state index in [-0.39, 0.29) is 28.8 Å². The molecule has 1 aromatic carbocycles. The first-order valence-electron chi connectivity index (χ1n) is 8.46. The highest BCUT2D eigenvalue weighted by atomic mass is 16.3. The summed E-state index contributed by atoms with van der Waals surface area (Å²) in [6.07, 6.45) is 9.49. The van der Waals surface area contributed by atoms with Crippen LogP contribution in [0.1, 0.15) is 60.9 Å². The van der Waals surface area contributed by atoms with Crippen LogP contribution >= 0.6 is 0 Å². The predicted octanol–water partition coefficient (Wildman–Crippen LogP) is 3.25. The van der Waals surface area contributed by atoms with Crippen LogP contribution in [0.2, 0.25) is 0 Å². The third kappa shape index (κ3) is 1.79. The van der Waals surface area contributed by atoms with E-state index in [1.54, 1.807) is 12.1 Å². The van der Waals surface area contributed by atoms with Gasteiger partial charge in [0.15, 0.2) is 5.78 Å². The van der Waals surface area contributed by atoms with E-state index in [0.717, 1.165) is 24.8 Å². The third-order valence-corrected chi connectivity index (χ3v) is 6.99. The molecule has 3 aliphatic carbocycles. The first-order valence-corrected chi connectivity index (χ1v) is 8.46. The maximum Gasteiger partial charge on any atom is 0.163 e. The minimum absolute atomic E-state index is 0.109. The standard InChI is InChI=1S/C20H22O3/c1-3-20(23)9-7-17-15-11-18(22)16-10-12(21)4-5-13(16)14(15)6-8-19(17,20)2/h1,4-5,10,14-15,17,21,23H,6-9,11H2,2H3/t14-,15-,17+,19+,20?/m1/s1. The number of rotatable bonds is 0. The van der Waals surface area contributed by atoms with Crippen LogP contribution in [0.5, 0.6) is 5.75 Å². The van der Waals surface area contributed by atoms with Crippen LogP contribution in [0.15, 0.2) is 18.2 Å². The largest absolute Gasteiger partial charge is 0.508 e. The number of terminal acetylenes is 1. The maximum atomic E-state index is 12.6. The Kier molecular flexibility index (Phi) is 2.96. The lowest BCUT2D eigenvalue weighted by Gasteiger charge is -2.51. The molecule has 120 valence electrons. The Morgan fingerprint density at radius 3 is 2.83 bits per heavy atom. The molecule has 3 nitrogen and oxygen atoms in total. The minimum atomic E-state index is -1.04. The number of benzene rings is 1. The number of fused-ring (bicyclic) bond motifs is 5. The molecule has 1 unspecified atom stereocenters. The molecular formula is C20H22O3. The van der Waals surface area contributed by atoms with E-state index in [0.29, 0.717) is 24.3 Å². The fourth-order valence-corrected chi connectivity index (χ4v) is 5.64. The normalized spacial score (nSPS) is 41.6. The van der Waals surface area contributed by atoms with Crippen molar-refractivity contribution in [3.63, 3.8) is 0 Å². The summed E-state index contributed by atoms with van der Waals surface area (Å²) in [6, 6.07) is 5.19. The van der Waals surface area contributed by atoms with E-state index in [1.807, 2.05) is 6.07 Å². The topological polar surface area (TPSA) is 57.5 Å². The maximum absolute atomic E-state index is 12.6. The Morgan fingerprint density at radius 1 is 1.30 bits per heavy atom. The summed E-state index contributed by atoms with van der Waals surface area (Å²) in [6.45, 7) is 2.11. The molecule has 2 saturated carbocycles. The number of hydrogen-bond acceptors (Lipinski definition) is 3. The molecule has 0 aromatic heterocycles. The fourth-order valence-electron chi connectivity index (χ4n) is 5.64. The zero-order valence-electron chi connectivity index (χ0n) is 13.4. The number of Topliss-reactive ketones (excluding diaryl/α,β-unsaturated/α-hetero) is 1. The number of aliphatic hydroxyl groups is 1. The van der Waals surface area contributed by atoms with E-state index < -0.39 is 5.60 Å². The van der Waals surface area contributed by atoms with Gasteiger partial charge in [-0.05, 0) is 61.1 Å². The second kappa shape index (κ2) is 4.61. The number of phenols is 1. The van der Waals surface area contributed by atoms with Gasteiger partial charge in [0.25, 0.3) is 0 Å². The van der Waals surface area contributed by atoms with Crippen molar-refractivity contribution in [3.05, 3.63) is 29.3 Å². The summed E-state index contributed by atoms with van der Waals surface area (Å²) >= 11 is 0. The van der Waals surface area contributed by atoms with Crippen LogP contribution in [0, 0.1) is 29.6 Å². The van der Waals surface area contributed by atoms with Crippen molar-refractivity contribution in [2.24, 2.45) is 17.3 Å². The molecule has 3 aliphatic rings. The second-order valence-corrected chi connectivity index (χ2v) is 7.78. The molecule has 0 amide bonds. The fraction of sp³-hybridized carbons (Fsp3) is 0.550. The van der Waals surface area contributed by atoms with Crippen molar-refractivity contribution in [2.75, 3.05) is 0 Å². The number of carbonyl (C=O) groups is 1. The Morgan fingerprint density at radius 2 is 2.09 bits per heavy atom. The van der Waals surface area contributed by atoms with Gasteiger partial charge < -0.3 is 10.2 Å². The number of aromatic hydroxyl groups is 1. The first-order chi connectivity index (χ1) is 10.9. The lowest BCUT2D eigenvalue weighted by molar-refractivity contribution is -0.0629. The number of phenolic OH excluding ortho intramolecular Hbond substituents is 1. The predicted molar refractivity (Wildman–Crippen MR) is 87.1 cm³/mol. The molecule has 23 heavy (non-hydrogen) atoms. The monoisotopic (exact) mass is 310 g/mol. The average molecular weight is 310 g/mol. The van der Waals surface area contributed by atoms with Crippen LogP contribution in [0.3, 0.4) is 0 Å². The number of ketones is 1. The van der Waals surface area contributed by atoms with Gasteiger partial charge in [0.1, 0.15) is 11.4 Å². The molecule has 5 atom stereocenters. The van der Waals surface area contributed by atoms with Crippen LogP contribution in [-0.4, -0.2) is 21.6 Å². The van der Waals surface area contributed by atoms with Gasteiger partial charge in [-0.15, -0.1) is 6.42 Å². The number of hydrogen-bond donors (Lipinski definition) is 2. The van der Waals surface area contributed by atoms with Gasteiger partial charge in [-0.25, -0.2) is 0 Å². The summed E-state index contributed by atoms with van der Waals surface area (Å²) in [5.41, 5.74) is 0.417. The zero-order chi connectivity index (χ0) is 16.4. The molecule has 0 spiro atoms. The summed E-state index contributed by atoms with van der Waals surface area (Å²) in [7, 11) is 0. The van der Waals surface area contributed by atoms with E-state index in [2.05, 4.69) is 12.8 Å². The molecule has 0 heterocycles. The molecule has 0 radical (unpaired) electrons. The molecular weight excluding hydrogens is 288 g/mol. The molecule has 4 rings (SSSR count).